The first-order valence-electron chi connectivity index (χ1n) is 4.12. The van der Waals surface area contributed by atoms with Gasteiger partial charge in [0.1, 0.15) is 11.1 Å². The van der Waals surface area contributed by atoms with Gasteiger partial charge in [-0.2, -0.15) is 5.26 Å². The van der Waals surface area contributed by atoms with Gasteiger partial charge >= 0.3 is 0 Å². The van der Waals surface area contributed by atoms with Crippen molar-refractivity contribution in [1.82, 2.24) is 0 Å². The van der Waals surface area contributed by atoms with Crippen LogP contribution in [0.25, 0.3) is 6.08 Å². The van der Waals surface area contributed by atoms with Crippen LogP contribution in [0.2, 0.25) is 0 Å². The van der Waals surface area contributed by atoms with Gasteiger partial charge in [-0.25, -0.2) is 0 Å². The normalized spacial score (nSPS) is 10.7. The summed E-state index contributed by atoms with van der Waals surface area (Å²) in [6.07, 6.45) is 1.71. The number of thiocarbonyl (C=S) groups is 1. The summed E-state index contributed by atoms with van der Waals surface area (Å²) >= 11 is 4.75. The first-order valence-corrected chi connectivity index (χ1v) is 4.53. The van der Waals surface area contributed by atoms with E-state index in [9.17, 15) is 0 Å². The van der Waals surface area contributed by atoms with E-state index in [1.54, 1.807) is 6.08 Å². The van der Waals surface area contributed by atoms with Gasteiger partial charge in [0, 0.05) is 0 Å². The molecule has 0 atom stereocenters. The maximum Gasteiger partial charge on any atom is 0.114 e. The summed E-state index contributed by atoms with van der Waals surface area (Å²) in [6, 6.07) is 9.72. The lowest BCUT2D eigenvalue weighted by Crippen LogP contribution is -2.09. The third-order valence-electron chi connectivity index (χ3n) is 1.87. The molecule has 1 aromatic rings. The van der Waals surface area contributed by atoms with E-state index in [2.05, 4.69) is 0 Å². The molecule has 1 rings (SSSR count). The molecule has 0 unspecified atom stereocenters. The van der Waals surface area contributed by atoms with Crippen LogP contribution in [0.15, 0.2) is 29.8 Å². The molecule has 2 N–H and O–H groups in total. The molecule has 0 aliphatic rings. The van der Waals surface area contributed by atoms with E-state index in [1.807, 2.05) is 37.3 Å². The summed E-state index contributed by atoms with van der Waals surface area (Å²) in [6.45, 7) is 1.97. The predicted molar refractivity (Wildman–Crippen MR) is 61.6 cm³/mol. The number of hydrogen-bond donors (Lipinski definition) is 1. The summed E-state index contributed by atoms with van der Waals surface area (Å²) in [7, 11) is 0. The summed E-state index contributed by atoms with van der Waals surface area (Å²) in [5.74, 6) is 0. The fraction of sp³-hybridized carbons (Fsp3) is 0.0909. The van der Waals surface area contributed by atoms with Crippen LogP contribution >= 0.6 is 12.2 Å². The Bertz CT molecular complexity index is 427. The molecule has 0 fully saturated rings. The number of nitriles is 1. The highest BCUT2D eigenvalue weighted by Crippen LogP contribution is 2.11. The quantitative estimate of drug-likeness (QED) is 0.454. The maximum absolute atomic E-state index is 8.76. The van der Waals surface area contributed by atoms with Crippen molar-refractivity contribution in [1.29, 1.82) is 5.26 Å². The largest absolute Gasteiger partial charge is 0.389 e. The van der Waals surface area contributed by atoms with Gasteiger partial charge in [-0.1, -0.05) is 36.5 Å². The predicted octanol–water partition coefficient (Wildman–Crippen LogP) is 2.19. The minimum absolute atomic E-state index is 0.135. The van der Waals surface area contributed by atoms with E-state index < -0.39 is 0 Å². The molecule has 0 bridgehead atoms. The van der Waals surface area contributed by atoms with Crippen LogP contribution in [0.5, 0.6) is 0 Å². The minimum Gasteiger partial charge on any atom is -0.389 e. The highest BCUT2D eigenvalue weighted by atomic mass is 32.1. The van der Waals surface area contributed by atoms with Gasteiger partial charge in [-0.05, 0) is 24.1 Å². The number of nitrogens with zero attached hydrogens (tertiary/aromatic N) is 1. The van der Waals surface area contributed by atoms with Crippen molar-refractivity contribution in [2.75, 3.05) is 0 Å². The standard InChI is InChI=1S/C11H10N2S/c1-8-4-2-3-5-9(8)6-10(7-12)11(13)14/h2-6H,1H3,(H2,13,14)/b10-6+. The molecule has 0 saturated carbocycles. The molecule has 0 saturated heterocycles. The van der Waals surface area contributed by atoms with Crippen molar-refractivity contribution < 1.29 is 0 Å². The summed E-state index contributed by atoms with van der Waals surface area (Å²) in [4.78, 5) is 0.135. The van der Waals surface area contributed by atoms with Crippen LogP contribution in [-0.4, -0.2) is 4.99 Å². The Morgan fingerprint density at radius 1 is 1.50 bits per heavy atom. The SMILES string of the molecule is Cc1ccccc1/C=C(\C#N)C(N)=S. The van der Waals surface area contributed by atoms with Crippen molar-refractivity contribution in [3.8, 4) is 6.07 Å². The van der Waals surface area contributed by atoms with Gasteiger partial charge in [0.2, 0.25) is 0 Å². The summed E-state index contributed by atoms with van der Waals surface area (Å²) in [5.41, 5.74) is 7.79. The number of benzene rings is 1. The van der Waals surface area contributed by atoms with Crippen molar-refractivity contribution in [2.24, 2.45) is 5.73 Å². The highest BCUT2D eigenvalue weighted by molar-refractivity contribution is 7.80. The van der Waals surface area contributed by atoms with Crippen molar-refractivity contribution in [2.45, 2.75) is 6.92 Å². The molecule has 0 aliphatic heterocycles. The Labute approximate surface area is 88.7 Å². The average Bonchev–Trinajstić information content (AvgIpc) is 2.16. The van der Waals surface area contributed by atoms with Crippen molar-refractivity contribution in [3.05, 3.63) is 41.0 Å². The fourth-order valence-corrected chi connectivity index (χ4v) is 1.17. The van der Waals surface area contributed by atoms with Gasteiger partial charge in [-0.15, -0.1) is 0 Å². The molecule has 3 heteroatoms. The molecular formula is C11H10N2S. The van der Waals surface area contributed by atoms with Crippen molar-refractivity contribution >= 4 is 23.3 Å². The first kappa shape index (κ1) is 10.4. The number of aryl methyl sites for hydroxylation is 1. The average molecular weight is 202 g/mol. The third-order valence-corrected chi connectivity index (χ3v) is 2.09. The summed E-state index contributed by atoms with van der Waals surface area (Å²) < 4.78 is 0. The lowest BCUT2D eigenvalue weighted by Gasteiger charge is -1.99. The van der Waals surface area contributed by atoms with E-state index in [4.69, 9.17) is 23.2 Å². The van der Waals surface area contributed by atoms with E-state index in [0.29, 0.717) is 5.57 Å². The van der Waals surface area contributed by atoms with Gasteiger partial charge < -0.3 is 5.73 Å². The molecule has 0 aliphatic carbocycles. The van der Waals surface area contributed by atoms with Gasteiger partial charge in [-0.3, -0.25) is 0 Å². The Morgan fingerprint density at radius 3 is 2.64 bits per heavy atom. The second-order valence-electron chi connectivity index (χ2n) is 2.89. The van der Waals surface area contributed by atoms with Crippen LogP contribution in [0.3, 0.4) is 0 Å². The Balaban J connectivity index is 3.15. The molecule has 2 nitrogen and oxygen atoms in total. The molecule has 14 heavy (non-hydrogen) atoms. The lowest BCUT2D eigenvalue weighted by atomic mass is 10.1. The monoisotopic (exact) mass is 202 g/mol. The zero-order valence-electron chi connectivity index (χ0n) is 7.82. The van der Waals surface area contributed by atoms with Gasteiger partial charge in [0.25, 0.3) is 0 Å². The van der Waals surface area contributed by atoms with Gasteiger partial charge in [0.15, 0.2) is 0 Å². The molecule has 0 heterocycles. The lowest BCUT2D eigenvalue weighted by molar-refractivity contribution is 1.44. The second-order valence-corrected chi connectivity index (χ2v) is 3.33. The van der Waals surface area contributed by atoms with Crippen molar-refractivity contribution in [3.63, 3.8) is 0 Å². The van der Waals surface area contributed by atoms with E-state index in [-0.39, 0.29) is 4.99 Å². The van der Waals surface area contributed by atoms with Crippen LogP contribution in [0, 0.1) is 18.3 Å². The number of nitrogens with two attached hydrogens (primary N) is 1. The highest BCUT2D eigenvalue weighted by Gasteiger charge is 2.00. The number of rotatable bonds is 2. The Hall–Kier alpha value is -1.66. The van der Waals surface area contributed by atoms with Crippen LogP contribution in [-0.2, 0) is 0 Å². The third kappa shape index (κ3) is 2.41. The minimum atomic E-state index is 0.135. The molecule has 0 spiro atoms. The van der Waals surface area contributed by atoms with Crippen LogP contribution < -0.4 is 5.73 Å². The topological polar surface area (TPSA) is 49.8 Å². The van der Waals surface area contributed by atoms with E-state index in [0.717, 1.165) is 11.1 Å². The first-order chi connectivity index (χ1) is 6.65. The fourth-order valence-electron chi connectivity index (χ4n) is 1.06. The van der Waals surface area contributed by atoms with E-state index in [1.165, 1.54) is 0 Å². The molecule has 0 radical (unpaired) electrons. The molecular weight excluding hydrogens is 192 g/mol. The smallest absolute Gasteiger partial charge is 0.114 e. The maximum atomic E-state index is 8.76. The second kappa shape index (κ2) is 4.54. The molecule has 1 aromatic carbocycles. The Kier molecular flexibility index (Phi) is 3.38. The van der Waals surface area contributed by atoms with Crippen LogP contribution in [0.1, 0.15) is 11.1 Å². The Morgan fingerprint density at radius 2 is 2.14 bits per heavy atom. The van der Waals surface area contributed by atoms with Crippen LogP contribution in [0.4, 0.5) is 0 Å². The summed E-state index contributed by atoms with van der Waals surface area (Å²) in [5, 5.41) is 8.76. The zero-order chi connectivity index (χ0) is 10.6. The molecule has 70 valence electrons. The molecule has 0 aromatic heterocycles. The number of hydrogen-bond acceptors (Lipinski definition) is 2. The zero-order valence-corrected chi connectivity index (χ0v) is 8.64. The van der Waals surface area contributed by atoms with E-state index >= 15 is 0 Å². The molecule has 0 amide bonds. The van der Waals surface area contributed by atoms with Gasteiger partial charge in [0.05, 0.1) is 5.57 Å².